The van der Waals surface area contributed by atoms with Gasteiger partial charge in [-0.3, -0.25) is 0 Å². The fourth-order valence-electron chi connectivity index (χ4n) is 2.92. The van der Waals surface area contributed by atoms with Crippen LogP contribution in [0.1, 0.15) is 43.0 Å². The molecule has 0 nitrogen and oxygen atoms in total. The van der Waals surface area contributed by atoms with E-state index in [1.807, 2.05) is 0 Å². The average molecular weight is 246 g/mol. The molecule has 0 aromatic heterocycles. The van der Waals surface area contributed by atoms with Gasteiger partial charge in [0.05, 0.1) is 0 Å². The van der Waals surface area contributed by atoms with Crippen molar-refractivity contribution in [1.82, 2.24) is 0 Å². The molecule has 94 valence electrons. The predicted octanol–water partition coefficient (Wildman–Crippen LogP) is 4.54. The van der Waals surface area contributed by atoms with E-state index >= 15 is 0 Å². The first kappa shape index (κ1) is 12.1. The van der Waals surface area contributed by atoms with E-state index in [4.69, 9.17) is 6.42 Å². The highest BCUT2D eigenvalue weighted by Gasteiger charge is 2.24. The number of benzene rings is 2. The lowest BCUT2D eigenvalue weighted by atomic mass is 9.82. The third-order valence-corrected chi connectivity index (χ3v) is 3.90. The molecule has 2 aromatic rings. The van der Waals surface area contributed by atoms with Gasteiger partial charge in [0.25, 0.3) is 0 Å². The van der Waals surface area contributed by atoms with Crippen LogP contribution in [0.25, 0.3) is 11.1 Å². The Kier molecular flexibility index (Phi) is 2.54. The maximum atomic E-state index is 5.70. The summed E-state index contributed by atoms with van der Waals surface area (Å²) in [6, 6.07) is 13.1. The van der Waals surface area contributed by atoms with E-state index < -0.39 is 0 Å². The number of fused-ring (bicyclic) bond motifs is 3. The van der Waals surface area contributed by atoms with E-state index in [9.17, 15) is 0 Å². The van der Waals surface area contributed by atoms with Gasteiger partial charge in [0.2, 0.25) is 0 Å². The maximum absolute atomic E-state index is 5.70. The average Bonchev–Trinajstić information content (AvgIpc) is 2.73. The standard InChI is InChI=1S/C19H18/c1-5-13-10-15-11-14-8-6-7-9-16(14)17(15)12-18(13)19(2,3)4/h1,6-10,12H,11H2,2-4H3. The minimum atomic E-state index is 0.0776. The molecule has 0 saturated heterocycles. The molecule has 1 aliphatic rings. The van der Waals surface area contributed by atoms with Crippen LogP contribution in [0.2, 0.25) is 0 Å². The van der Waals surface area contributed by atoms with Crippen molar-refractivity contribution >= 4 is 0 Å². The molecule has 0 amide bonds. The van der Waals surface area contributed by atoms with Crippen LogP contribution in [0.15, 0.2) is 36.4 Å². The van der Waals surface area contributed by atoms with E-state index in [-0.39, 0.29) is 5.41 Å². The highest BCUT2D eigenvalue weighted by Crippen LogP contribution is 2.40. The van der Waals surface area contributed by atoms with Crippen LogP contribution in [0, 0.1) is 12.3 Å². The fraction of sp³-hybridized carbons (Fsp3) is 0.263. The van der Waals surface area contributed by atoms with E-state index in [1.165, 1.54) is 27.8 Å². The lowest BCUT2D eigenvalue weighted by Crippen LogP contribution is -2.13. The number of hydrogen-bond donors (Lipinski definition) is 0. The molecule has 19 heavy (non-hydrogen) atoms. The van der Waals surface area contributed by atoms with Crippen LogP contribution < -0.4 is 0 Å². The zero-order valence-corrected chi connectivity index (χ0v) is 11.7. The summed E-state index contributed by atoms with van der Waals surface area (Å²) in [7, 11) is 0. The van der Waals surface area contributed by atoms with Crippen LogP contribution >= 0.6 is 0 Å². The summed E-state index contributed by atoms with van der Waals surface area (Å²) in [4.78, 5) is 0. The van der Waals surface area contributed by atoms with Gasteiger partial charge < -0.3 is 0 Å². The summed E-state index contributed by atoms with van der Waals surface area (Å²) in [5, 5.41) is 0. The molecule has 0 aliphatic heterocycles. The van der Waals surface area contributed by atoms with Gasteiger partial charge in [-0.25, -0.2) is 0 Å². The Morgan fingerprint density at radius 2 is 1.74 bits per heavy atom. The molecular weight excluding hydrogens is 228 g/mol. The minimum absolute atomic E-state index is 0.0776. The summed E-state index contributed by atoms with van der Waals surface area (Å²) in [5.74, 6) is 2.86. The quantitative estimate of drug-likeness (QED) is 0.511. The van der Waals surface area contributed by atoms with Crippen molar-refractivity contribution < 1.29 is 0 Å². The molecule has 0 spiro atoms. The van der Waals surface area contributed by atoms with Crippen molar-refractivity contribution in [3.05, 3.63) is 58.7 Å². The zero-order chi connectivity index (χ0) is 13.6. The van der Waals surface area contributed by atoms with Crippen LogP contribution in [0.3, 0.4) is 0 Å². The van der Waals surface area contributed by atoms with Crippen molar-refractivity contribution in [1.29, 1.82) is 0 Å². The molecule has 0 N–H and O–H groups in total. The Bertz CT molecular complexity index is 691. The molecule has 0 bridgehead atoms. The molecule has 0 radical (unpaired) electrons. The summed E-state index contributed by atoms with van der Waals surface area (Å²) in [6.07, 6.45) is 6.70. The Labute approximate surface area is 115 Å². The smallest absolute Gasteiger partial charge is 0.0283 e. The van der Waals surface area contributed by atoms with Crippen LogP contribution in [0.5, 0.6) is 0 Å². The normalized spacial score (nSPS) is 12.7. The second-order valence-corrected chi connectivity index (χ2v) is 6.28. The largest absolute Gasteiger partial charge is 0.115 e. The topological polar surface area (TPSA) is 0 Å². The molecule has 0 saturated carbocycles. The summed E-state index contributed by atoms with van der Waals surface area (Å²) in [6.45, 7) is 6.66. The maximum Gasteiger partial charge on any atom is 0.0283 e. The van der Waals surface area contributed by atoms with Gasteiger partial charge >= 0.3 is 0 Å². The van der Waals surface area contributed by atoms with E-state index in [0.717, 1.165) is 12.0 Å². The van der Waals surface area contributed by atoms with Crippen molar-refractivity contribution in [2.45, 2.75) is 32.6 Å². The SMILES string of the molecule is C#Cc1cc2c(cc1C(C)(C)C)-c1ccccc1C2. The second-order valence-electron chi connectivity index (χ2n) is 6.28. The Balaban J connectivity index is 2.27. The van der Waals surface area contributed by atoms with Gasteiger partial charge in [0, 0.05) is 5.56 Å². The monoisotopic (exact) mass is 246 g/mol. The third-order valence-electron chi connectivity index (χ3n) is 3.90. The molecule has 1 aliphatic carbocycles. The van der Waals surface area contributed by atoms with Crippen molar-refractivity contribution in [3.63, 3.8) is 0 Å². The second kappa shape index (κ2) is 4.00. The van der Waals surface area contributed by atoms with Gasteiger partial charge in [0.1, 0.15) is 0 Å². The minimum Gasteiger partial charge on any atom is -0.115 e. The molecule has 0 heteroatoms. The highest BCUT2D eigenvalue weighted by atomic mass is 14.3. The summed E-state index contributed by atoms with van der Waals surface area (Å²) >= 11 is 0. The first-order chi connectivity index (χ1) is 9.00. The first-order valence-electron chi connectivity index (χ1n) is 6.73. The lowest BCUT2D eigenvalue weighted by molar-refractivity contribution is 0.589. The Hall–Kier alpha value is -2.00. The fourth-order valence-corrected chi connectivity index (χ4v) is 2.92. The molecule has 3 rings (SSSR count). The lowest BCUT2D eigenvalue weighted by Gasteiger charge is -2.22. The van der Waals surface area contributed by atoms with Gasteiger partial charge in [0.15, 0.2) is 0 Å². The zero-order valence-electron chi connectivity index (χ0n) is 11.7. The van der Waals surface area contributed by atoms with Crippen molar-refractivity contribution in [3.8, 4) is 23.5 Å². The van der Waals surface area contributed by atoms with Gasteiger partial charge in [-0.1, -0.05) is 51.0 Å². The highest BCUT2D eigenvalue weighted by molar-refractivity contribution is 5.78. The van der Waals surface area contributed by atoms with Crippen molar-refractivity contribution in [2.75, 3.05) is 0 Å². The van der Waals surface area contributed by atoms with Gasteiger partial charge in [-0.05, 0) is 51.8 Å². The molecular formula is C19H18. The third kappa shape index (κ3) is 1.87. The predicted molar refractivity (Wildman–Crippen MR) is 81.3 cm³/mol. The van der Waals surface area contributed by atoms with E-state index in [0.29, 0.717) is 0 Å². The first-order valence-corrected chi connectivity index (χ1v) is 6.73. The van der Waals surface area contributed by atoms with Crippen LogP contribution in [-0.4, -0.2) is 0 Å². The number of hydrogen-bond acceptors (Lipinski definition) is 0. The van der Waals surface area contributed by atoms with Crippen LogP contribution in [0.4, 0.5) is 0 Å². The van der Waals surface area contributed by atoms with Gasteiger partial charge in [-0.15, -0.1) is 6.42 Å². The van der Waals surface area contributed by atoms with E-state index in [2.05, 4.69) is 63.1 Å². The summed E-state index contributed by atoms with van der Waals surface area (Å²) < 4.78 is 0. The molecule has 0 fully saturated rings. The number of terminal acetylenes is 1. The molecule has 0 atom stereocenters. The molecule has 0 unspecified atom stereocenters. The van der Waals surface area contributed by atoms with E-state index in [1.54, 1.807) is 0 Å². The van der Waals surface area contributed by atoms with Crippen LogP contribution in [-0.2, 0) is 11.8 Å². The van der Waals surface area contributed by atoms with Crippen molar-refractivity contribution in [2.24, 2.45) is 0 Å². The molecule has 0 heterocycles. The molecule has 2 aromatic carbocycles. The number of rotatable bonds is 0. The van der Waals surface area contributed by atoms with Gasteiger partial charge in [-0.2, -0.15) is 0 Å². The summed E-state index contributed by atoms with van der Waals surface area (Å²) in [5.41, 5.74) is 7.89. The Morgan fingerprint density at radius 1 is 1.00 bits per heavy atom. The Morgan fingerprint density at radius 3 is 2.42 bits per heavy atom.